The standard InChI is InChI=1S/C19H21N3O2S/c1-6-13-15(12(5)23)11(4)20-17(13)18(24)22-19-21-16-10(3)7-9(2)8-14(16)25-19/h7-8,20H,6H2,1-5H3,(H,21,22,24). The Morgan fingerprint density at radius 1 is 1.24 bits per heavy atom. The van der Waals surface area contributed by atoms with E-state index in [9.17, 15) is 9.59 Å². The number of amides is 1. The second-order valence-electron chi connectivity index (χ2n) is 6.29. The van der Waals surface area contributed by atoms with Gasteiger partial charge in [-0.2, -0.15) is 0 Å². The predicted octanol–water partition coefficient (Wildman–Crippen LogP) is 4.57. The lowest BCUT2D eigenvalue weighted by atomic mass is 10.0. The number of carbonyl (C=O) groups excluding carboxylic acids is 2. The van der Waals surface area contributed by atoms with E-state index in [4.69, 9.17) is 0 Å². The summed E-state index contributed by atoms with van der Waals surface area (Å²) in [4.78, 5) is 32.2. The predicted molar refractivity (Wildman–Crippen MR) is 102 cm³/mol. The Morgan fingerprint density at radius 3 is 2.60 bits per heavy atom. The number of ketones is 1. The smallest absolute Gasteiger partial charge is 0.274 e. The third-order valence-electron chi connectivity index (χ3n) is 4.27. The van der Waals surface area contributed by atoms with Gasteiger partial charge in [-0.3, -0.25) is 14.9 Å². The molecule has 0 aliphatic rings. The summed E-state index contributed by atoms with van der Waals surface area (Å²) in [5, 5.41) is 3.44. The Kier molecular flexibility index (Phi) is 4.47. The highest BCUT2D eigenvalue weighted by Gasteiger charge is 2.22. The number of Topliss-reactive ketones (excluding diaryl/α,β-unsaturated/α-hetero) is 1. The maximum Gasteiger partial charge on any atom is 0.274 e. The monoisotopic (exact) mass is 355 g/mol. The first-order chi connectivity index (χ1) is 11.8. The third-order valence-corrected chi connectivity index (χ3v) is 5.19. The fourth-order valence-electron chi connectivity index (χ4n) is 3.28. The number of benzene rings is 1. The van der Waals surface area contributed by atoms with Gasteiger partial charge in [0.25, 0.3) is 5.91 Å². The molecule has 5 nitrogen and oxygen atoms in total. The van der Waals surface area contributed by atoms with E-state index in [1.165, 1.54) is 23.8 Å². The zero-order valence-electron chi connectivity index (χ0n) is 15.0. The van der Waals surface area contributed by atoms with Crippen LogP contribution in [0.25, 0.3) is 10.2 Å². The van der Waals surface area contributed by atoms with Gasteiger partial charge in [-0.15, -0.1) is 0 Å². The van der Waals surface area contributed by atoms with Crippen molar-refractivity contribution >= 4 is 38.4 Å². The second kappa shape index (κ2) is 6.44. The van der Waals surface area contributed by atoms with Crippen LogP contribution in [0.5, 0.6) is 0 Å². The maximum absolute atomic E-state index is 12.7. The van der Waals surface area contributed by atoms with Gasteiger partial charge in [0.05, 0.1) is 10.2 Å². The lowest BCUT2D eigenvalue weighted by Gasteiger charge is -2.03. The number of hydrogen-bond acceptors (Lipinski definition) is 4. The zero-order valence-corrected chi connectivity index (χ0v) is 15.9. The molecule has 0 saturated heterocycles. The molecule has 1 amide bonds. The minimum Gasteiger partial charge on any atom is -0.354 e. The third kappa shape index (κ3) is 3.09. The highest BCUT2D eigenvalue weighted by atomic mass is 32.1. The number of anilines is 1. The van der Waals surface area contributed by atoms with Gasteiger partial charge in [-0.1, -0.05) is 24.3 Å². The first-order valence-corrected chi connectivity index (χ1v) is 9.05. The maximum atomic E-state index is 12.7. The summed E-state index contributed by atoms with van der Waals surface area (Å²) >= 11 is 1.46. The lowest BCUT2D eigenvalue weighted by Crippen LogP contribution is -2.14. The van der Waals surface area contributed by atoms with E-state index in [1.807, 2.05) is 27.7 Å². The van der Waals surface area contributed by atoms with Crippen LogP contribution in [0.15, 0.2) is 12.1 Å². The van der Waals surface area contributed by atoms with Crippen LogP contribution in [0, 0.1) is 20.8 Å². The first kappa shape index (κ1) is 17.4. The van der Waals surface area contributed by atoms with Crippen molar-refractivity contribution in [2.75, 3.05) is 5.32 Å². The van der Waals surface area contributed by atoms with Crippen LogP contribution in [0.1, 0.15) is 57.1 Å². The molecule has 2 N–H and O–H groups in total. The van der Waals surface area contributed by atoms with Gasteiger partial charge in [0.15, 0.2) is 10.9 Å². The van der Waals surface area contributed by atoms with E-state index in [-0.39, 0.29) is 11.7 Å². The van der Waals surface area contributed by atoms with Gasteiger partial charge in [0, 0.05) is 11.3 Å². The number of nitrogens with one attached hydrogen (secondary N) is 2. The van der Waals surface area contributed by atoms with Crippen molar-refractivity contribution in [3.05, 3.63) is 45.8 Å². The number of carbonyl (C=O) groups is 2. The van der Waals surface area contributed by atoms with E-state index in [0.29, 0.717) is 22.8 Å². The molecular formula is C19H21N3O2S. The summed E-state index contributed by atoms with van der Waals surface area (Å²) in [5.41, 5.74) is 5.72. The Hall–Kier alpha value is -2.47. The van der Waals surface area contributed by atoms with Crippen LogP contribution in [0.3, 0.4) is 0 Å². The van der Waals surface area contributed by atoms with Gasteiger partial charge in [0.2, 0.25) is 0 Å². The molecule has 3 aromatic rings. The SMILES string of the molecule is CCc1c(C(=O)Nc2nc3c(C)cc(C)cc3s2)[nH]c(C)c1C(C)=O. The van der Waals surface area contributed by atoms with Crippen molar-refractivity contribution in [2.45, 2.75) is 41.0 Å². The fraction of sp³-hybridized carbons (Fsp3) is 0.316. The molecule has 0 radical (unpaired) electrons. The molecule has 0 aliphatic heterocycles. The van der Waals surface area contributed by atoms with Crippen LogP contribution in [-0.4, -0.2) is 21.7 Å². The molecule has 0 spiro atoms. The van der Waals surface area contributed by atoms with Gasteiger partial charge in [-0.05, 0) is 56.9 Å². The fourth-order valence-corrected chi connectivity index (χ4v) is 4.32. The molecule has 0 bridgehead atoms. The number of hydrogen-bond donors (Lipinski definition) is 2. The molecule has 3 rings (SSSR count). The summed E-state index contributed by atoms with van der Waals surface area (Å²) < 4.78 is 1.05. The zero-order chi connectivity index (χ0) is 18.3. The largest absolute Gasteiger partial charge is 0.354 e. The number of H-pyrrole nitrogens is 1. The van der Waals surface area contributed by atoms with Crippen molar-refractivity contribution in [2.24, 2.45) is 0 Å². The number of fused-ring (bicyclic) bond motifs is 1. The summed E-state index contributed by atoms with van der Waals surface area (Å²) in [5.74, 6) is -0.295. The number of thiazole rings is 1. The topological polar surface area (TPSA) is 74.8 Å². The molecule has 130 valence electrons. The van der Waals surface area contributed by atoms with E-state index in [0.717, 1.165) is 27.0 Å². The molecule has 0 atom stereocenters. The molecule has 0 fully saturated rings. The molecule has 6 heteroatoms. The van der Waals surface area contributed by atoms with E-state index in [2.05, 4.69) is 27.4 Å². The number of nitrogens with zero attached hydrogens (tertiary/aromatic N) is 1. The summed E-state index contributed by atoms with van der Waals surface area (Å²) in [6.45, 7) is 9.34. The van der Waals surface area contributed by atoms with Gasteiger partial charge in [0.1, 0.15) is 5.69 Å². The van der Waals surface area contributed by atoms with E-state index >= 15 is 0 Å². The normalized spacial score (nSPS) is 11.1. The van der Waals surface area contributed by atoms with Gasteiger partial charge >= 0.3 is 0 Å². The highest BCUT2D eigenvalue weighted by molar-refractivity contribution is 7.22. The Morgan fingerprint density at radius 2 is 1.96 bits per heavy atom. The minimum atomic E-state index is -0.263. The average molecular weight is 355 g/mol. The van der Waals surface area contributed by atoms with Gasteiger partial charge in [-0.25, -0.2) is 4.98 Å². The van der Waals surface area contributed by atoms with E-state index < -0.39 is 0 Å². The molecule has 25 heavy (non-hydrogen) atoms. The van der Waals surface area contributed by atoms with E-state index in [1.54, 1.807) is 0 Å². The molecule has 0 saturated carbocycles. The van der Waals surface area contributed by atoms with Gasteiger partial charge < -0.3 is 4.98 Å². The van der Waals surface area contributed by atoms with Crippen molar-refractivity contribution in [1.82, 2.24) is 9.97 Å². The Labute approximate surface area is 150 Å². The minimum absolute atomic E-state index is 0.0317. The molecule has 0 aliphatic carbocycles. The summed E-state index contributed by atoms with van der Waals surface area (Å²) in [7, 11) is 0. The number of aromatic nitrogens is 2. The second-order valence-corrected chi connectivity index (χ2v) is 7.32. The summed E-state index contributed by atoms with van der Waals surface area (Å²) in [6, 6.07) is 4.15. The van der Waals surface area contributed by atoms with Crippen molar-refractivity contribution in [1.29, 1.82) is 0 Å². The number of aromatic amines is 1. The number of rotatable bonds is 4. The summed E-state index contributed by atoms with van der Waals surface area (Å²) in [6.07, 6.45) is 0.611. The number of aryl methyl sites for hydroxylation is 3. The van der Waals surface area contributed by atoms with Crippen LogP contribution in [0.4, 0.5) is 5.13 Å². The Bertz CT molecular complexity index is 998. The average Bonchev–Trinajstić information content (AvgIpc) is 3.07. The Balaban J connectivity index is 1.97. The van der Waals surface area contributed by atoms with Crippen LogP contribution < -0.4 is 5.32 Å². The highest BCUT2D eigenvalue weighted by Crippen LogP contribution is 2.30. The molecule has 2 aromatic heterocycles. The molecular weight excluding hydrogens is 334 g/mol. The van der Waals surface area contributed by atoms with Crippen molar-refractivity contribution < 1.29 is 9.59 Å². The van der Waals surface area contributed by atoms with Crippen LogP contribution >= 0.6 is 11.3 Å². The first-order valence-electron chi connectivity index (χ1n) is 8.23. The molecule has 2 heterocycles. The lowest BCUT2D eigenvalue weighted by molar-refractivity contribution is 0.101. The van der Waals surface area contributed by atoms with Crippen molar-refractivity contribution in [3.63, 3.8) is 0 Å². The quantitative estimate of drug-likeness (QED) is 0.673. The molecule has 1 aromatic carbocycles. The molecule has 0 unspecified atom stereocenters. The van der Waals surface area contributed by atoms with Crippen LogP contribution in [0.2, 0.25) is 0 Å². The van der Waals surface area contributed by atoms with Crippen molar-refractivity contribution in [3.8, 4) is 0 Å². The van der Waals surface area contributed by atoms with Crippen LogP contribution in [-0.2, 0) is 6.42 Å².